The van der Waals surface area contributed by atoms with Crippen LogP contribution in [0.1, 0.15) is 0 Å². The van der Waals surface area contributed by atoms with Gasteiger partial charge < -0.3 is 0 Å². The molecule has 0 heterocycles. The second-order valence-corrected chi connectivity index (χ2v) is 13.0. The molecule has 0 nitrogen and oxygen atoms in total. The fraction of sp³-hybridized carbons (Fsp3) is 0.0909. The van der Waals surface area contributed by atoms with E-state index in [1.54, 1.807) is 48.6 Å². The Balaban J connectivity index is 2.17. The van der Waals surface area contributed by atoms with Crippen molar-refractivity contribution in [3.63, 3.8) is 0 Å². The summed E-state index contributed by atoms with van der Waals surface area (Å²) in [7, 11) is 0. The van der Waals surface area contributed by atoms with E-state index in [-0.39, 0.29) is 7.74 Å². The van der Waals surface area contributed by atoms with Crippen molar-refractivity contribution >= 4 is 7.74 Å². The normalized spacial score (nSPS) is 16.7. The molecule has 2 aromatic rings. The molecule has 0 unspecified atom stereocenters. The molecule has 2 aliphatic carbocycles. The van der Waals surface area contributed by atoms with E-state index in [0.717, 1.165) is 0 Å². The average Bonchev–Trinajstić information content (AvgIpc) is 3.34. The summed E-state index contributed by atoms with van der Waals surface area (Å²) in [6.07, 6.45) is 14.3. The van der Waals surface area contributed by atoms with E-state index in [1.165, 1.54) is 36.4 Å². The van der Waals surface area contributed by atoms with Crippen molar-refractivity contribution in [2.45, 2.75) is 8.45 Å². The van der Waals surface area contributed by atoms with E-state index in [0.29, 0.717) is 0 Å². The van der Waals surface area contributed by atoms with Gasteiger partial charge in [-0.25, -0.2) is 0 Å². The number of halogens is 4. The predicted octanol–water partition coefficient (Wildman–Crippen LogP) is 5.18. The van der Waals surface area contributed by atoms with Gasteiger partial charge in [0.05, 0.1) is 0 Å². The summed E-state index contributed by atoms with van der Waals surface area (Å²) in [4.78, 5) is 0. The number of allylic oxidation sites excluding steroid dienone is 8. The van der Waals surface area contributed by atoms with Crippen LogP contribution in [0.3, 0.4) is 0 Å². The molecule has 0 saturated heterocycles. The first-order valence-electron chi connectivity index (χ1n) is 8.65. The molecule has 0 radical (unpaired) electrons. The Hall–Kier alpha value is -2.17. The SMILES string of the molecule is Fc1cccc(F)[c]1[Ti]([c]1c(F)cccc1F)([CH]1C=CC=C1)[CH]1C=CC=C1. The second-order valence-electron chi connectivity index (χ2n) is 6.65. The number of benzene rings is 2. The van der Waals surface area contributed by atoms with E-state index in [4.69, 9.17) is 0 Å². The Labute approximate surface area is 158 Å². The fourth-order valence-corrected chi connectivity index (χ4v) is 13.0. The first-order chi connectivity index (χ1) is 13.1. The fourth-order valence-electron chi connectivity index (χ4n) is 4.27. The van der Waals surface area contributed by atoms with Crippen molar-refractivity contribution in [3.05, 3.63) is 108 Å². The first-order valence-corrected chi connectivity index (χ1v) is 12.0. The molecular formula is C22H16F4Ti. The molecule has 0 saturated carbocycles. The standard InChI is InChI=1S/2C6H3F2.2C5H5.Ti/c2*7-5-2-1-3-6(8)4-5;2*1-2-4-5-3-1;/h2*1-3H;2*1-5H;. The van der Waals surface area contributed by atoms with Crippen LogP contribution in [-0.4, -0.2) is 0 Å². The number of rotatable bonds is 4. The molecule has 0 fully saturated rings. The summed E-state index contributed by atoms with van der Waals surface area (Å²) in [5, 5.41) is 0. The van der Waals surface area contributed by atoms with Gasteiger partial charge in [-0.1, -0.05) is 0 Å². The van der Waals surface area contributed by atoms with Crippen molar-refractivity contribution in [1.29, 1.82) is 0 Å². The van der Waals surface area contributed by atoms with Crippen LogP contribution in [0.25, 0.3) is 0 Å². The van der Waals surface area contributed by atoms with Crippen LogP contribution in [0.5, 0.6) is 0 Å². The summed E-state index contributed by atoms with van der Waals surface area (Å²) in [6.45, 7) is 0. The molecule has 2 aromatic carbocycles. The maximum atomic E-state index is 15.1. The molecule has 0 bridgehead atoms. The van der Waals surface area contributed by atoms with Gasteiger partial charge in [-0.2, -0.15) is 0 Å². The van der Waals surface area contributed by atoms with E-state index >= 15 is 17.6 Å². The van der Waals surface area contributed by atoms with Gasteiger partial charge in [-0.3, -0.25) is 0 Å². The van der Waals surface area contributed by atoms with Gasteiger partial charge in [0.2, 0.25) is 0 Å². The average molecular weight is 404 g/mol. The van der Waals surface area contributed by atoms with Crippen molar-refractivity contribution in [2.24, 2.45) is 0 Å². The Morgan fingerprint density at radius 3 is 1.11 bits per heavy atom. The third-order valence-corrected chi connectivity index (χ3v) is 13.9. The summed E-state index contributed by atoms with van der Waals surface area (Å²) in [5.41, 5.74) is 0. The zero-order valence-electron chi connectivity index (χ0n) is 14.2. The number of hydrogen-bond donors (Lipinski definition) is 0. The van der Waals surface area contributed by atoms with Crippen LogP contribution in [0.2, 0.25) is 8.45 Å². The second kappa shape index (κ2) is 7.10. The molecule has 0 N–H and O–H groups in total. The maximum absolute atomic E-state index is 15.1. The van der Waals surface area contributed by atoms with Crippen LogP contribution in [0.15, 0.2) is 85.0 Å². The summed E-state index contributed by atoms with van der Waals surface area (Å²) < 4.78 is 59.1. The quantitative estimate of drug-likeness (QED) is 0.487. The van der Waals surface area contributed by atoms with E-state index in [1.807, 2.05) is 0 Å². The third kappa shape index (κ3) is 2.79. The molecule has 27 heavy (non-hydrogen) atoms. The zero-order chi connectivity index (χ0) is 19.0. The molecular weight excluding hydrogens is 388 g/mol. The molecule has 0 atom stereocenters. The van der Waals surface area contributed by atoms with Gasteiger partial charge in [0.25, 0.3) is 0 Å². The van der Waals surface area contributed by atoms with Gasteiger partial charge in [-0.05, 0) is 0 Å². The van der Waals surface area contributed by atoms with E-state index < -0.39 is 48.3 Å². The molecule has 0 amide bonds. The summed E-state index contributed by atoms with van der Waals surface area (Å²) >= 11 is -4.43. The topological polar surface area (TPSA) is 0 Å². The Morgan fingerprint density at radius 1 is 0.519 bits per heavy atom. The predicted molar refractivity (Wildman–Crippen MR) is 96.0 cm³/mol. The van der Waals surface area contributed by atoms with Gasteiger partial charge in [0, 0.05) is 0 Å². The minimum atomic E-state index is -4.43. The molecule has 0 aliphatic heterocycles. The third-order valence-electron chi connectivity index (χ3n) is 5.30. The first kappa shape index (κ1) is 18.2. The van der Waals surface area contributed by atoms with Gasteiger partial charge in [-0.15, -0.1) is 0 Å². The molecule has 5 heteroatoms. The van der Waals surface area contributed by atoms with Crippen molar-refractivity contribution < 1.29 is 34.2 Å². The molecule has 0 aromatic heterocycles. The van der Waals surface area contributed by atoms with Crippen LogP contribution in [-0.2, 0) is 16.6 Å². The van der Waals surface area contributed by atoms with Crippen molar-refractivity contribution in [3.8, 4) is 0 Å². The summed E-state index contributed by atoms with van der Waals surface area (Å²) in [5.74, 6) is -3.00. The molecule has 136 valence electrons. The van der Waals surface area contributed by atoms with Gasteiger partial charge in [0.15, 0.2) is 0 Å². The van der Waals surface area contributed by atoms with E-state index in [2.05, 4.69) is 0 Å². The molecule has 2 aliphatic rings. The number of hydrogen-bond acceptors (Lipinski definition) is 0. The summed E-state index contributed by atoms with van der Waals surface area (Å²) in [6, 6.07) is 7.23. The van der Waals surface area contributed by atoms with Crippen molar-refractivity contribution in [1.82, 2.24) is 0 Å². The van der Waals surface area contributed by atoms with E-state index in [9.17, 15) is 0 Å². The monoisotopic (exact) mass is 404 g/mol. The Morgan fingerprint density at radius 2 is 0.815 bits per heavy atom. The molecule has 4 rings (SSSR count). The minimum absolute atomic E-state index is 0.149. The Bertz CT molecular complexity index is 857. The molecule has 0 spiro atoms. The van der Waals surface area contributed by atoms with Crippen LogP contribution in [0, 0.1) is 23.3 Å². The van der Waals surface area contributed by atoms with Gasteiger partial charge >= 0.3 is 159 Å². The van der Waals surface area contributed by atoms with Gasteiger partial charge in [0.1, 0.15) is 0 Å². The Kier molecular flexibility index (Phi) is 4.79. The van der Waals surface area contributed by atoms with Crippen LogP contribution in [0.4, 0.5) is 17.6 Å². The van der Waals surface area contributed by atoms with Crippen LogP contribution >= 0.6 is 0 Å². The van der Waals surface area contributed by atoms with Crippen LogP contribution < -0.4 is 7.74 Å². The van der Waals surface area contributed by atoms with Crippen molar-refractivity contribution in [2.75, 3.05) is 0 Å². The zero-order valence-corrected chi connectivity index (χ0v) is 15.8.